The van der Waals surface area contributed by atoms with E-state index in [1.807, 2.05) is 13.0 Å². The molecular weight excluding hydrogens is 375 g/mol. The number of pyridine rings is 1. The third kappa shape index (κ3) is 3.33. The zero-order chi connectivity index (χ0) is 13.8. The first-order valence-electron chi connectivity index (χ1n) is 6.07. The van der Waals surface area contributed by atoms with Crippen LogP contribution in [0.3, 0.4) is 0 Å². The summed E-state index contributed by atoms with van der Waals surface area (Å²) in [6, 6.07) is 3.63. The summed E-state index contributed by atoms with van der Waals surface area (Å²) in [5, 5.41) is 3.87. The molecule has 1 N–H and O–H groups in total. The molecule has 0 fully saturated rings. The molecule has 0 saturated carbocycles. The average Bonchev–Trinajstić information content (AvgIpc) is 2.42. The Morgan fingerprint density at radius 1 is 1.26 bits per heavy atom. The van der Waals surface area contributed by atoms with Gasteiger partial charge in [-0.25, -0.2) is 9.97 Å². The maximum atomic E-state index is 5.85. The average molecular weight is 389 g/mol. The Labute approximate surface area is 131 Å². The van der Waals surface area contributed by atoms with E-state index in [1.54, 1.807) is 12.3 Å². The standard InChI is InChI=1S/C13H14ClIN4/c1-3-9-11(15)13(16-4-2)19-12(18-9)10-6-5-8(14)7-17-10/h5-7H,3-4H2,1-2H3,(H,16,18,19). The molecule has 2 aromatic rings. The van der Waals surface area contributed by atoms with Crippen molar-refractivity contribution < 1.29 is 0 Å². The van der Waals surface area contributed by atoms with Gasteiger partial charge in [0.05, 0.1) is 14.3 Å². The monoisotopic (exact) mass is 388 g/mol. The number of nitrogens with one attached hydrogen (secondary N) is 1. The van der Waals surface area contributed by atoms with Gasteiger partial charge in [0.25, 0.3) is 0 Å². The van der Waals surface area contributed by atoms with Crippen molar-refractivity contribution in [3.05, 3.63) is 32.6 Å². The van der Waals surface area contributed by atoms with Gasteiger partial charge in [-0.2, -0.15) is 0 Å². The normalized spacial score (nSPS) is 10.5. The second-order valence-corrected chi connectivity index (χ2v) is 5.42. The van der Waals surface area contributed by atoms with Crippen LogP contribution in [0.15, 0.2) is 18.3 Å². The van der Waals surface area contributed by atoms with Crippen LogP contribution in [0.1, 0.15) is 19.5 Å². The first-order chi connectivity index (χ1) is 9.15. The number of halogens is 2. The Morgan fingerprint density at radius 3 is 2.63 bits per heavy atom. The lowest BCUT2D eigenvalue weighted by atomic mass is 10.3. The van der Waals surface area contributed by atoms with Crippen LogP contribution in [0.5, 0.6) is 0 Å². The maximum Gasteiger partial charge on any atom is 0.180 e. The predicted octanol–water partition coefficient (Wildman–Crippen LogP) is 3.79. The van der Waals surface area contributed by atoms with Gasteiger partial charge < -0.3 is 5.32 Å². The fourth-order valence-electron chi connectivity index (χ4n) is 1.64. The van der Waals surface area contributed by atoms with Crippen LogP contribution >= 0.6 is 34.2 Å². The van der Waals surface area contributed by atoms with Crippen LogP contribution in [-0.2, 0) is 6.42 Å². The van der Waals surface area contributed by atoms with Crippen molar-refractivity contribution in [2.45, 2.75) is 20.3 Å². The third-order valence-corrected chi connectivity index (χ3v) is 3.91. The molecule has 6 heteroatoms. The number of hydrogen-bond donors (Lipinski definition) is 1. The number of hydrogen-bond acceptors (Lipinski definition) is 4. The highest BCUT2D eigenvalue weighted by molar-refractivity contribution is 14.1. The molecule has 100 valence electrons. The third-order valence-electron chi connectivity index (χ3n) is 2.56. The number of nitrogens with zero attached hydrogens (tertiary/aromatic N) is 3. The Balaban J connectivity index is 2.51. The molecule has 0 atom stereocenters. The fraction of sp³-hybridized carbons (Fsp3) is 0.308. The van der Waals surface area contributed by atoms with Gasteiger partial charge in [0, 0.05) is 12.7 Å². The van der Waals surface area contributed by atoms with Crippen molar-refractivity contribution in [2.75, 3.05) is 11.9 Å². The molecule has 4 nitrogen and oxygen atoms in total. The highest BCUT2D eigenvalue weighted by Crippen LogP contribution is 2.24. The molecule has 2 rings (SSSR count). The molecule has 0 spiro atoms. The minimum atomic E-state index is 0.608. The number of aryl methyl sites for hydroxylation is 1. The molecule has 0 aliphatic rings. The molecule has 0 unspecified atom stereocenters. The first-order valence-corrected chi connectivity index (χ1v) is 7.53. The number of aromatic nitrogens is 3. The minimum absolute atomic E-state index is 0.608. The summed E-state index contributed by atoms with van der Waals surface area (Å²) in [5.41, 5.74) is 1.76. The quantitative estimate of drug-likeness (QED) is 0.810. The molecule has 0 amide bonds. The largest absolute Gasteiger partial charge is 0.369 e. The van der Waals surface area contributed by atoms with Crippen molar-refractivity contribution in [2.24, 2.45) is 0 Å². The number of rotatable bonds is 4. The molecule has 0 aliphatic heterocycles. The summed E-state index contributed by atoms with van der Waals surface area (Å²) in [4.78, 5) is 13.4. The lowest BCUT2D eigenvalue weighted by Gasteiger charge is -2.11. The first kappa shape index (κ1) is 14.5. The second kappa shape index (κ2) is 6.47. The van der Waals surface area contributed by atoms with Crippen molar-refractivity contribution in [3.8, 4) is 11.5 Å². The van der Waals surface area contributed by atoms with Crippen LogP contribution in [-0.4, -0.2) is 21.5 Å². The van der Waals surface area contributed by atoms with E-state index in [9.17, 15) is 0 Å². The lowest BCUT2D eigenvalue weighted by Crippen LogP contribution is -2.08. The zero-order valence-corrected chi connectivity index (χ0v) is 13.7. The van der Waals surface area contributed by atoms with Gasteiger partial charge in [-0.3, -0.25) is 4.98 Å². The van der Waals surface area contributed by atoms with E-state index >= 15 is 0 Å². The topological polar surface area (TPSA) is 50.7 Å². The highest BCUT2D eigenvalue weighted by Gasteiger charge is 2.12. The molecule has 0 aliphatic carbocycles. The van der Waals surface area contributed by atoms with Gasteiger partial charge in [0.2, 0.25) is 0 Å². The summed E-state index contributed by atoms with van der Waals surface area (Å²) in [5.74, 6) is 1.49. The summed E-state index contributed by atoms with van der Waals surface area (Å²) < 4.78 is 1.07. The van der Waals surface area contributed by atoms with E-state index in [0.717, 1.165) is 33.7 Å². The van der Waals surface area contributed by atoms with Crippen LogP contribution in [0.2, 0.25) is 5.02 Å². The van der Waals surface area contributed by atoms with E-state index in [-0.39, 0.29) is 0 Å². The van der Waals surface area contributed by atoms with Gasteiger partial charge in [0.15, 0.2) is 5.82 Å². The van der Waals surface area contributed by atoms with Crippen molar-refractivity contribution in [3.63, 3.8) is 0 Å². The van der Waals surface area contributed by atoms with E-state index in [2.05, 4.69) is 49.8 Å². The summed E-state index contributed by atoms with van der Waals surface area (Å²) in [6.45, 7) is 4.95. The highest BCUT2D eigenvalue weighted by atomic mass is 127. The fourth-order valence-corrected chi connectivity index (χ4v) is 2.56. The molecule has 19 heavy (non-hydrogen) atoms. The van der Waals surface area contributed by atoms with Gasteiger partial charge in [-0.1, -0.05) is 18.5 Å². The van der Waals surface area contributed by atoms with Crippen LogP contribution in [0.25, 0.3) is 11.5 Å². The second-order valence-electron chi connectivity index (χ2n) is 3.90. The molecule has 0 aromatic carbocycles. The van der Waals surface area contributed by atoms with E-state index < -0.39 is 0 Å². The summed E-state index contributed by atoms with van der Waals surface area (Å²) >= 11 is 8.12. The van der Waals surface area contributed by atoms with Crippen LogP contribution < -0.4 is 5.32 Å². The molecular formula is C13H14ClIN4. The Morgan fingerprint density at radius 2 is 2.05 bits per heavy atom. The summed E-state index contributed by atoms with van der Waals surface area (Å²) in [7, 11) is 0. The van der Waals surface area contributed by atoms with Crippen molar-refractivity contribution in [1.82, 2.24) is 15.0 Å². The zero-order valence-electron chi connectivity index (χ0n) is 10.7. The SMILES string of the molecule is CCNc1nc(-c2ccc(Cl)cn2)nc(CC)c1I. The van der Waals surface area contributed by atoms with Crippen LogP contribution in [0, 0.1) is 3.57 Å². The van der Waals surface area contributed by atoms with E-state index in [0.29, 0.717) is 10.8 Å². The van der Waals surface area contributed by atoms with Crippen molar-refractivity contribution in [1.29, 1.82) is 0 Å². The predicted molar refractivity (Wildman–Crippen MR) is 86.5 cm³/mol. The number of anilines is 1. The summed E-state index contributed by atoms with van der Waals surface area (Å²) in [6.07, 6.45) is 2.47. The van der Waals surface area contributed by atoms with Gasteiger partial charge in [-0.15, -0.1) is 0 Å². The Bertz CT molecular complexity index is 572. The van der Waals surface area contributed by atoms with E-state index in [4.69, 9.17) is 11.6 Å². The Kier molecular flexibility index (Phi) is 4.93. The maximum absolute atomic E-state index is 5.85. The Hall–Kier alpha value is -0.950. The van der Waals surface area contributed by atoms with Crippen molar-refractivity contribution >= 4 is 40.0 Å². The molecule has 0 radical (unpaired) electrons. The smallest absolute Gasteiger partial charge is 0.180 e. The molecule has 0 saturated heterocycles. The van der Waals surface area contributed by atoms with Crippen LogP contribution in [0.4, 0.5) is 5.82 Å². The van der Waals surface area contributed by atoms with E-state index in [1.165, 1.54) is 0 Å². The van der Waals surface area contributed by atoms with Gasteiger partial charge >= 0.3 is 0 Å². The van der Waals surface area contributed by atoms with Gasteiger partial charge in [0.1, 0.15) is 11.5 Å². The van der Waals surface area contributed by atoms with Gasteiger partial charge in [-0.05, 0) is 48.1 Å². The molecule has 0 bridgehead atoms. The minimum Gasteiger partial charge on any atom is -0.369 e. The molecule has 2 heterocycles. The molecule has 2 aromatic heterocycles. The lowest BCUT2D eigenvalue weighted by molar-refractivity contribution is 0.976.